The highest BCUT2D eigenvalue weighted by Gasteiger charge is 2.46. The smallest absolute Gasteiger partial charge is 0.341 e. The minimum absolute atomic E-state index is 0.0613. The van der Waals surface area contributed by atoms with Crippen LogP contribution in [0.2, 0.25) is 0 Å². The number of nitrogens with two attached hydrogens (primary N) is 3. The average Bonchev–Trinajstić information content (AvgIpc) is 2.65. The third-order valence-electron chi connectivity index (χ3n) is 5.80. The minimum Gasteiger partial charge on any atom is -0.486 e. The van der Waals surface area contributed by atoms with Crippen molar-refractivity contribution in [2.75, 3.05) is 6.61 Å². The molecule has 9 nitrogen and oxygen atoms in total. The molecule has 1 saturated carbocycles. The predicted octanol–water partition coefficient (Wildman–Crippen LogP) is 0.0614. The quantitative estimate of drug-likeness (QED) is 0.247. The Kier molecular flexibility index (Phi) is 5.62. The van der Waals surface area contributed by atoms with Crippen LogP contribution in [0.5, 0.6) is 5.75 Å². The lowest BCUT2D eigenvalue weighted by Crippen LogP contribution is -2.54. The third-order valence-corrected chi connectivity index (χ3v) is 5.80. The Hall–Kier alpha value is -2.20. The van der Waals surface area contributed by atoms with E-state index in [0.29, 0.717) is 43.7 Å². The summed E-state index contributed by atoms with van der Waals surface area (Å²) in [4.78, 5) is 20.8. The first kappa shape index (κ1) is 20.5. The van der Waals surface area contributed by atoms with Crippen molar-refractivity contribution in [1.29, 1.82) is 0 Å². The number of benzene rings is 1. The second-order valence-corrected chi connectivity index (χ2v) is 7.91. The van der Waals surface area contributed by atoms with Crippen LogP contribution in [0.25, 0.3) is 0 Å². The number of aliphatic carboxylic acids is 1. The van der Waals surface area contributed by atoms with Gasteiger partial charge in [0.1, 0.15) is 17.7 Å². The molecule has 1 fully saturated rings. The van der Waals surface area contributed by atoms with Gasteiger partial charge < -0.3 is 26.4 Å². The molecule has 1 aromatic rings. The molecule has 3 rings (SSSR count). The molecule has 28 heavy (non-hydrogen) atoms. The van der Waals surface area contributed by atoms with E-state index in [9.17, 15) is 9.90 Å². The first-order valence-corrected chi connectivity index (χ1v) is 9.35. The van der Waals surface area contributed by atoms with Crippen LogP contribution < -0.4 is 22.1 Å². The maximum Gasteiger partial charge on any atom is 0.341 e. The van der Waals surface area contributed by atoms with E-state index in [2.05, 4.69) is 4.99 Å². The summed E-state index contributed by atoms with van der Waals surface area (Å²) >= 11 is 0. The predicted molar refractivity (Wildman–Crippen MR) is 103 cm³/mol. The van der Waals surface area contributed by atoms with Gasteiger partial charge in [-0.25, -0.2) is 10.7 Å². The Morgan fingerprint density at radius 1 is 1.46 bits per heavy atom. The van der Waals surface area contributed by atoms with Crippen LogP contribution in [0, 0.1) is 0 Å². The maximum atomic E-state index is 11.5. The standard InChI is InChI=1S/C19H28N4O5/c1-18(28-22,17(25)26)15-5-3-11-8-12(2-4-14(11)27-15)16(20)23-13-9-19(21,10-13)6-7-24/h2,4,8,13,15,24H,3,5-7,9-10,21-22H2,1H3,(H2,20,23)(H,25,26)/t13?,15-,18+,19?/m1/s1. The molecular formula is C19H28N4O5. The Balaban J connectivity index is 1.70. The van der Waals surface area contributed by atoms with Crippen LogP contribution >= 0.6 is 0 Å². The van der Waals surface area contributed by atoms with Crippen molar-refractivity contribution in [1.82, 2.24) is 0 Å². The first-order valence-electron chi connectivity index (χ1n) is 9.35. The van der Waals surface area contributed by atoms with Gasteiger partial charge in [0.15, 0.2) is 0 Å². The first-order chi connectivity index (χ1) is 13.2. The zero-order valence-electron chi connectivity index (χ0n) is 15.9. The SMILES string of the molecule is C[C@@](ON)(C(=O)O)[C@H]1CCc2cc(C(N)=NC3CC(N)(CCO)C3)ccc2O1. The number of carboxylic acids is 1. The van der Waals surface area contributed by atoms with Crippen LogP contribution in [0.15, 0.2) is 23.2 Å². The fourth-order valence-electron chi connectivity index (χ4n) is 3.87. The number of fused-ring (bicyclic) bond motifs is 1. The second-order valence-electron chi connectivity index (χ2n) is 7.91. The molecule has 0 radical (unpaired) electrons. The largest absolute Gasteiger partial charge is 0.486 e. The van der Waals surface area contributed by atoms with Gasteiger partial charge in [-0.2, -0.15) is 0 Å². The number of aliphatic hydroxyl groups is 1. The molecule has 8 N–H and O–H groups in total. The fourth-order valence-corrected chi connectivity index (χ4v) is 3.87. The summed E-state index contributed by atoms with van der Waals surface area (Å²) in [6.07, 6.45) is 2.34. The van der Waals surface area contributed by atoms with Crippen molar-refractivity contribution < 1.29 is 24.6 Å². The number of ether oxygens (including phenoxy) is 1. The van der Waals surface area contributed by atoms with Gasteiger partial charge in [0.2, 0.25) is 5.60 Å². The van der Waals surface area contributed by atoms with Crippen molar-refractivity contribution in [3.05, 3.63) is 29.3 Å². The maximum absolute atomic E-state index is 11.5. The van der Waals surface area contributed by atoms with Gasteiger partial charge >= 0.3 is 5.97 Å². The van der Waals surface area contributed by atoms with Crippen LogP contribution in [0.3, 0.4) is 0 Å². The van der Waals surface area contributed by atoms with E-state index in [4.69, 9.17) is 32.0 Å². The van der Waals surface area contributed by atoms with E-state index >= 15 is 0 Å². The van der Waals surface area contributed by atoms with Crippen molar-refractivity contribution >= 4 is 11.8 Å². The van der Waals surface area contributed by atoms with Gasteiger partial charge in [-0.15, -0.1) is 0 Å². The number of hydrogen-bond donors (Lipinski definition) is 5. The molecule has 9 heteroatoms. The van der Waals surface area contributed by atoms with Crippen LogP contribution in [0.1, 0.15) is 43.7 Å². The monoisotopic (exact) mass is 392 g/mol. The number of aliphatic imine (C=N–C) groups is 1. The third kappa shape index (κ3) is 3.83. The second kappa shape index (κ2) is 7.67. The number of aryl methyl sites for hydroxylation is 1. The van der Waals surface area contributed by atoms with Gasteiger partial charge in [0.05, 0.1) is 6.04 Å². The van der Waals surface area contributed by atoms with Crippen molar-refractivity contribution in [2.24, 2.45) is 22.4 Å². The lowest BCUT2D eigenvalue weighted by atomic mass is 9.72. The van der Waals surface area contributed by atoms with Crippen LogP contribution in [-0.2, 0) is 16.1 Å². The van der Waals surface area contributed by atoms with Gasteiger partial charge in [-0.3, -0.25) is 9.83 Å². The Bertz CT molecular complexity index is 778. The summed E-state index contributed by atoms with van der Waals surface area (Å²) in [6.45, 7) is 1.47. The lowest BCUT2D eigenvalue weighted by molar-refractivity contribution is -0.179. The van der Waals surface area contributed by atoms with Crippen molar-refractivity contribution in [2.45, 2.75) is 62.3 Å². The van der Waals surface area contributed by atoms with E-state index in [-0.39, 0.29) is 18.2 Å². The van der Waals surface area contributed by atoms with E-state index < -0.39 is 17.7 Å². The number of carbonyl (C=O) groups is 1. The Morgan fingerprint density at radius 2 is 2.18 bits per heavy atom. The highest BCUT2D eigenvalue weighted by molar-refractivity contribution is 5.98. The molecular weight excluding hydrogens is 364 g/mol. The van der Waals surface area contributed by atoms with Gasteiger partial charge in [-0.1, -0.05) is 0 Å². The lowest BCUT2D eigenvalue weighted by Gasteiger charge is -2.43. The molecule has 154 valence electrons. The summed E-state index contributed by atoms with van der Waals surface area (Å²) in [5.41, 5.74) is 12.1. The zero-order chi connectivity index (χ0) is 20.5. The molecule has 0 saturated heterocycles. The average molecular weight is 392 g/mol. The van der Waals surface area contributed by atoms with E-state index in [0.717, 1.165) is 11.1 Å². The minimum atomic E-state index is -1.62. The summed E-state index contributed by atoms with van der Waals surface area (Å²) in [5, 5.41) is 18.4. The highest BCUT2D eigenvalue weighted by atomic mass is 16.7. The highest BCUT2D eigenvalue weighted by Crippen LogP contribution is 2.36. The van der Waals surface area contributed by atoms with E-state index in [1.807, 2.05) is 6.07 Å². The summed E-state index contributed by atoms with van der Waals surface area (Å²) < 4.78 is 5.84. The molecule has 0 unspecified atom stereocenters. The molecule has 1 aliphatic heterocycles. The zero-order valence-corrected chi connectivity index (χ0v) is 15.9. The van der Waals surface area contributed by atoms with Crippen LogP contribution in [0.4, 0.5) is 0 Å². The number of aliphatic hydroxyl groups excluding tert-OH is 1. The summed E-state index contributed by atoms with van der Waals surface area (Å²) in [7, 11) is 0. The molecule has 0 aromatic heterocycles. The molecule has 1 heterocycles. The molecule has 1 aliphatic carbocycles. The molecule has 0 bridgehead atoms. The fraction of sp³-hybridized carbons (Fsp3) is 0.579. The van der Waals surface area contributed by atoms with Gasteiger partial charge in [0.25, 0.3) is 0 Å². The van der Waals surface area contributed by atoms with E-state index in [1.165, 1.54) is 6.92 Å². The Morgan fingerprint density at radius 3 is 2.79 bits per heavy atom. The summed E-state index contributed by atoms with van der Waals surface area (Å²) in [6, 6.07) is 5.53. The van der Waals surface area contributed by atoms with Gasteiger partial charge in [0, 0.05) is 17.7 Å². The van der Waals surface area contributed by atoms with Crippen LogP contribution in [-0.4, -0.2) is 51.9 Å². The van der Waals surface area contributed by atoms with Crippen molar-refractivity contribution in [3.8, 4) is 5.75 Å². The molecule has 1 aromatic carbocycles. The molecule has 0 amide bonds. The molecule has 2 aliphatic rings. The number of amidine groups is 1. The molecule has 0 spiro atoms. The molecule has 2 atom stereocenters. The number of rotatable bonds is 7. The number of carboxylic acid groups (broad SMARTS) is 1. The van der Waals surface area contributed by atoms with E-state index in [1.54, 1.807) is 12.1 Å². The van der Waals surface area contributed by atoms with Crippen molar-refractivity contribution in [3.63, 3.8) is 0 Å². The van der Waals surface area contributed by atoms with Gasteiger partial charge in [-0.05, 0) is 62.8 Å². The Labute approximate surface area is 163 Å². The topological polar surface area (TPSA) is 166 Å². The number of nitrogens with zero attached hydrogens (tertiary/aromatic N) is 1. The normalized spacial score (nSPS) is 29.2. The summed E-state index contributed by atoms with van der Waals surface area (Å²) in [5.74, 6) is 5.06. The number of hydrogen-bond acceptors (Lipinski definition) is 7.